The van der Waals surface area contributed by atoms with Gasteiger partial charge in [0.2, 0.25) is 21.8 Å². The second-order valence-electron chi connectivity index (χ2n) is 10.5. The van der Waals surface area contributed by atoms with Gasteiger partial charge in [-0.15, -0.1) is 0 Å². The minimum atomic E-state index is -3.61. The number of rotatable bonds is 16. The number of hydrogen-bond donors (Lipinski definition) is 1. The number of nitrogens with one attached hydrogen (secondary N) is 1. The van der Waals surface area contributed by atoms with E-state index < -0.39 is 16.1 Å². The minimum absolute atomic E-state index is 0.0496. The Balaban J connectivity index is 1.90. The molecule has 0 radical (unpaired) electrons. The Labute approximate surface area is 255 Å². The van der Waals surface area contributed by atoms with Crippen molar-refractivity contribution in [2.45, 2.75) is 58.2 Å². The molecule has 232 valence electrons. The Bertz CT molecular complexity index is 1430. The lowest BCUT2D eigenvalue weighted by Gasteiger charge is -2.33. The number of anilines is 1. The first-order chi connectivity index (χ1) is 20.5. The van der Waals surface area contributed by atoms with E-state index >= 15 is 0 Å². The van der Waals surface area contributed by atoms with Crippen LogP contribution in [0.5, 0.6) is 11.5 Å². The van der Waals surface area contributed by atoms with E-state index in [0.29, 0.717) is 23.6 Å². The van der Waals surface area contributed by atoms with Crippen molar-refractivity contribution >= 4 is 27.5 Å². The second-order valence-corrected chi connectivity index (χ2v) is 12.4. The first-order valence-electron chi connectivity index (χ1n) is 14.4. The number of benzene rings is 3. The van der Waals surface area contributed by atoms with Gasteiger partial charge in [0.1, 0.15) is 17.5 Å². The average molecular weight is 610 g/mol. The fourth-order valence-corrected chi connectivity index (χ4v) is 5.68. The van der Waals surface area contributed by atoms with Crippen LogP contribution in [-0.4, -0.2) is 64.2 Å². The number of carbonyl (C=O) groups is 2. The topological polar surface area (TPSA) is 105 Å². The van der Waals surface area contributed by atoms with Crippen molar-refractivity contribution in [2.24, 2.45) is 0 Å². The standard InChI is InChI=1S/C33H43N3O6S/c1-6-25(2)34-33(38)31(23-26-12-8-7-9-13-26)35(24-27-14-10-15-30(22-27)42-4)32(37)16-11-21-36(43(5,39)40)28-17-19-29(41-3)20-18-28/h7-10,12-15,17-20,22,25,31H,6,11,16,21,23-24H2,1-5H3,(H,34,38)/t25-,31+/m0/s1. The number of amides is 2. The molecule has 0 unspecified atom stereocenters. The number of methoxy groups -OCH3 is 2. The third-order valence-corrected chi connectivity index (χ3v) is 8.47. The molecular weight excluding hydrogens is 566 g/mol. The van der Waals surface area contributed by atoms with E-state index in [1.54, 1.807) is 43.4 Å². The fourth-order valence-electron chi connectivity index (χ4n) is 4.71. The van der Waals surface area contributed by atoms with Crippen LogP contribution in [0.1, 0.15) is 44.2 Å². The Morgan fingerprint density at radius 3 is 2.14 bits per heavy atom. The molecule has 43 heavy (non-hydrogen) atoms. The molecular formula is C33H43N3O6S. The number of ether oxygens (including phenoxy) is 2. The van der Waals surface area contributed by atoms with Crippen LogP contribution in [-0.2, 0) is 32.6 Å². The summed E-state index contributed by atoms with van der Waals surface area (Å²) < 4.78 is 37.2. The maximum absolute atomic E-state index is 14.0. The highest BCUT2D eigenvalue weighted by Crippen LogP contribution is 2.23. The van der Waals surface area contributed by atoms with Gasteiger partial charge < -0.3 is 19.7 Å². The van der Waals surface area contributed by atoms with E-state index in [0.717, 1.165) is 23.8 Å². The lowest BCUT2D eigenvalue weighted by molar-refractivity contribution is -0.141. The van der Waals surface area contributed by atoms with Gasteiger partial charge in [-0.05, 0) is 67.3 Å². The van der Waals surface area contributed by atoms with Gasteiger partial charge in [-0.3, -0.25) is 13.9 Å². The highest BCUT2D eigenvalue weighted by Gasteiger charge is 2.31. The quantitative estimate of drug-likeness (QED) is 0.250. The first kappa shape index (κ1) is 33.5. The molecule has 0 aliphatic rings. The zero-order valence-corrected chi connectivity index (χ0v) is 26.5. The number of nitrogens with zero attached hydrogens (tertiary/aromatic N) is 2. The van der Waals surface area contributed by atoms with E-state index in [-0.39, 0.29) is 43.8 Å². The second kappa shape index (κ2) is 16.0. The summed E-state index contributed by atoms with van der Waals surface area (Å²) >= 11 is 0. The number of hydrogen-bond acceptors (Lipinski definition) is 6. The average Bonchev–Trinajstić information content (AvgIpc) is 3.00. The van der Waals surface area contributed by atoms with Crippen LogP contribution in [0.4, 0.5) is 5.69 Å². The monoisotopic (exact) mass is 609 g/mol. The number of carbonyl (C=O) groups excluding carboxylic acids is 2. The predicted molar refractivity (Wildman–Crippen MR) is 170 cm³/mol. The molecule has 2 atom stereocenters. The van der Waals surface area contributed by atoms with Crippen molar-refractivity contribution in [1.82, 2.24) is 10.2 Å². The zero-order chi connectivity index (χ0) is 31.4. The summed E-state index contributed by atoms with van der Waals surface area (Å²) in [5.41, 5.74) is 2.23. The molecule has 0 saturated heterocycles. The SMILES string of the molecule is CC[C@H](C)NC(=O)[C@@H](Cc1ccccc1)N(Cc1cccc(OC)c1)C(=O)CCCN(c1ccc(OC)cc1)S(C)(=O)=O. The largest absolute Gasteiger partial charge is 0.497 e. The Morgan fingerprint density at radius 2 is 1.53 bits per heavy atom. The van der Waals surface area contributed by atoms with Crippen molar-refractivity contribution in [3.05, 3.63) is 90.0 Å². The molecule has 10 heteroatoms. The van der Waals surface area contributed by atoms with Crippen LogP contribution in [0.3, 0.4) is 0 Å². The smallest absolute Gasteiger partial charge is 0.243 e. The van der Waals surface area contributed by atoms with Crippen LogP contribution in [0.15, 0.2) is 78.9 Å². The maximum atomic E-state index is 14.0. The molecule has 0 aliphatic carbocycles. The van der Waals surface area contributed by atoms with Gasteiger partial charge in [0.05, 0.1) is 26.2 Å². The lowest BCUT2D eigenvalue weighted by atomic mass is 10.0. The summed E-state index contributed by atoms with van der Waals surface area (Å²) in [5, 5.41) is 3.06. The molecule has 0 saturated carbocycles. The van der Waals surface area contributed by atoms with Gasteiger partial charge in [0, 0.05) is 32.0 Å². The van der Waals surface area contributed by atoms with Crippen molar-refractivity contribution < 1.29 is 27.5 Å². The summed E-state index contributed by atoms with van der Waals surface area (Å²) in [7, 11) is -0.488. The molecule has 3 aromatic carbocycles. The summed E-state index contributed by atoms with van der Waals surface area (Å²) in [4.78, 5) is 29.3. The summed E-state index contributed by atoms with van der Waals surface area (Å²) in [5.74, 6) is 0.786. The highest BCUT2D eigenvalue weighted by atomic mass is 32.2. The third-order valence-electron chi connectivity index (χ3n) is 7.27. The molecule has 0 spiro atoms. The van der Waals surface area contributed by atoms with Gasteiger partial charge in [-0.1, -0.05) is 49.4 Å². The van der Waals surface area contributed by atoms with Gasteiger partial charge in [-0.2, -0.15) is 0 Å². The highest BCUT2D eigenvalue weighted by molar-refractivity contribution is 7.92. The van der Waals surface area contributed by atoms with Crippen LogP contribution >= 0.6 is 0 Å². The summed E-state index contributed by atoms with van der Waals surface area (Å²) in [6.45, 7) is 4.22. The van der Waals surface area contributed by atoms with E-state index in [1.807, 2.05) is 68.4 Å². The molecule has 1 N–H and O–H groups in total. The van der Waals surface area contributed by atoms with E-state index in [1.165, 1.54) is 4.31 Å². The normalized spacial score (nSPS) is 12.6. The van der Waals surface area contributed by atoms with Crippen molar-refractivity contribution in [3.8, 4) is 11.5 Å². The maximum Gasteiger partial charge on any atom is 0.243 e. The minimum Gasteiger partial charge on any atom is -0.497 e. The molecule has 0 bridgehead atoms. The Kier molecular flexibility index (Phi) is 12.4. The summed E-state index contributed by atoms with van der Waals surface area (Å²) in [6.07, 6.45) is 2.54. The third kappa shape index (κ3) is 10.0. The van der Waals surface area contributed by atoms with Crippen LogP contribution in [0.2, 0.25) is 0 Å². The first-order valence-corrected chi connectivity index (χ1v) is 16.3. The van der Waals surface area contributed by atoms with Gasteiger partial charge in [-0.25, -0.2) is 8.42 Å². The van der Waals surface area contributed by atoms with E-state index in [4.69, 9.17) is 9.47 Å². The Hall–Kier alpha value is -4.05. The Morgan fingerprint density at radius 1 is 0.884 bits per heavy atom. The molecule has 0 heterocycles. The molecule has 0 aromatic heterocycles. The van der Waals surface area contributed by atoms with Crippen molar-refractivity contribution in [2.75, 3.05) is 31.3 Å². The zero-order valence-electron chi connectivity index (χ0n) is 25.7. The molecule has 0 aliphatic heterocycles. The van der Waals surface area contributed by atoms with E-state index in [2.05, 4.69) is 5.32 Å². The van der Waals surface area contributed by atoms with Gasteiger partial charge in [0.25, 0.3) is 0 Å². The molecule has 2 amide bonds. The predicted octanol–water partition coefficient (Wildman–Crippen LogP) is 4.80. The molecule has 9 nitrogen and oxygen atoms in total. The van der Waals surface area contributed by atoms with Crippen LogP contribution in [0, 0.1) is 0 Å². The van der Waals surface area contributed by atoms with Crippen molar-refractivity contribution in [3.63, 3.8) is 0 Å². The van der Waals surface area contributed by atoms with Gasteiger partial charge in [0.15, 0.2) is 0 Å². The van der Waals surface area contributed by atoms with Crippen LogP contribution in [0.25, 0.3) is 0 Å². The summed E-state index contributed by atoms with van der Waals surface area (Å²) in [6, 6.07) is 22.9. The lowest BCUT2D eigenvalue weighted by Crippen LogP contribution is -2.52. The number of sulfonamides is 1. The fraction of sp³-hybridized carbons (Fsp3) is 0.394. The molecule has 0 fully saturated rings. The molecule has 3 rings (SSSR count). The van der Waals surface area contributed by atoms with E-state index in [9.17, 15) is 18.0 Å². The molecule has 3 aromatic rings. The van der Waals surface area contributed by atoms with Crippen LogP contribution < -0.4 is 19.1 Å². The van der Waals surface area contributed by atoms with Gasteiger partial charge >= 0.3 is 0 Å². The van der Waals surface area contributed by atoms with Crippen molar-refractivity contribution in [1.29, 1.82) is 0 Å².